The van der Waals surface area contributed by atoms with Crippen molar-refractivity contribution in [1.82, 2.24) is 0 Å². The van der Waals surface area contributed by atoms with E-state index in [4.69, 9.17) is 0 Å². The van der Waals surface area contributed by atoms with E-state index < -0.39 is 0 Å². The molecule has 14 heavy (non-hydrogen) atoms. The van der Waals surface area contributed by atoms with Crippen LogP contribution in [0.4, 0.5) is 0 Å². The molecule has 0 spiro atoms. The summed E-state index contributed by atoms with van der Waals surface area (Å²) in [6, 6.07) is 15.1. The summed E-state index contributed by atoms with van der Waals surface area (Å²) >= 11 is 0. The van der Waals surface area contributed by atoms with Gasteiger partial charge in [-0.2, -0.15) is 0 Å². The molecule has 0 N–H and O–H groups in total. The maximum atomic E-state index is 2.24. The molecule has 0 unspecified atom stereocenters. The van der Waals surface area contributed by atoms with Crippen LogP contribution in [0, 0.1) is 0 Å². The minimum atomic E-state index is 0. The number of hydrogen-bond donors (Lipinski definition) is 0. The number of rotatable bonds is 1. The predicted octanol–water partition coefficient (Wildman–Crippen LogP) is 0.967. The Bertz CT molecular complexity index is 413. The van der Waals surface area contributed by atoms with Gasteiger partial charge in [0.25, 0.3) is 0 Å². The molecule has 0 radical (unpaired) electrons. The quantitative estimate of drug-likeness (QED) is 0.592. The van der Waals surface area contributed by atoms with E-state index in [0.29, 0.717) is 5.92 Å². The summed E-state index contributed by atoms with van der Waals surface area (Å²) in [5, 5.41) is 2.73. The summed E-state index contributed by atoms with van der Waals surface area (Å²) < 4.78 is 0. The molecule has 0 saturated heterocycles. The van der Waals surface area contributed by atoms with Crippen molar-refractivity contribution in [2.75, 3.05) is 0 Å². The molecular weight excluding hydrogens is 179 g/mol. The van der Waals surface area contributed by atoms with Gasteiger partial charge in [-0.05, 0) is 22.3 Å². The van der Waals surface area contributed by atoms with Gasteiger partial charge in [0.1, 0.15) is 0 Å². The minimum Gasteiger partial charge on any atom is -0.0616 e. The maximum Gasteiger partial charge on any atom is 1.00 e. The smallest absolute Gasteiger partial charge is 0.0616 e. The normalized spacial score (nSPS) is 10.2. The zero-order valence-corrected chi connectivity index (χ0v) is 11.1. The molecule has 0 heterocycles. The van der Waals surface area contributed by atoms with Crippen LogP contribution in [0.15, 0.2) is 42.5 Å². The fraction of sp³-hybridized carbons (Fsp3) is 0.231. The molecule has 0 fully saturated rings. The minimum absolute atomic E-state index is 0. The Morgan fingerprint density at radius 1 is 0.857 bits per heavy atom. The molecule has 66 valence electrons. The average Bonchev–Trinajstić information content (AvgIpc) is 2.17. The Morgan fingerprint density at radius 3 is 2.21 bits per heavy atom. The van der Waals surface area contributed by atoms with Crippen molar-refractivity contribution in [2.45, 2.75) is 19.8 Å². The Balaban J connectivity index is 0.000000980. The SMILES string of the molecule is CC(C)c1cccc2ccccc12.[Na+]. The van der Waals surface area contributed by atoms with Gasteiger partial charge >= 0.3 is 29.6 Å². The molecule has 1 heteroatoms. The van der Waals surface area contributed by atoms with Crippen LogP contribution in [0.25, 0.3) is 10.8 Å². The van der Waals surface area contributed by atoms with E-state index in [1.807, 2.05) is 0 Å². The molecule has 0 saturated carbocycles. The molecule has 0 bridgehead atoms. The monoisotopic (exact) mass is 193 g/mol. The Kier molecular flexibility index (Phi) is 4.18. The van der Waals surface area contributed by atoms with Crippen LogP contribution < -0.4 is 29.6 Å². The molecule has 2 rings (SSSR count). The first kappa shape index (κ1) is 11.8. The van der Waals surface area contributed by atoms with Gasteiger partial charge in [0.15, 0.2) is 0 Å². The van der Waals surface area contributed by atoms with E-state index in [0.717, 1.165) is 0 Å². The number of hydrogen-bond acceptors (Lipinski definition) is 0. The molecule has 0 aliphatic heterocycles. The van der Waals surface area contributed by atoms with Crippen molar-refractivity contribution in [1.29, 1.82) is 0 Å². The molecule has 0 aliphatic rings. The van der Waals surface area contributed by atoms with Gasteiger partial charge < -0.3 is 0 Å². The van der Waals surface area contributed by atoms with Crippen LogP contribution in [0.5, 0.6) is 0 Å². The molecule has 0 amide bonds. The van der Waals surface area contributed by atoms with Crippen molar-refractivity contribution in [2.24, 2.45) is 0 Å². The van der Waals surface area contributed by atoms with Crippen LogP contribution in [0.1, 0.15) is 25.3 Å². The second kappa shape index (κ2) is 4.97. The third-order valence-electron chi connectivity index (χ3n) is 2.45. The van der Waals surface area contributed by atoms with E-state index in [9.17, 15) is 0 Å². The third-order valence-corrected chi connectivity index (χ3v) is 2.45. The first-order valence-corrected chi connectivity index (χ1v) is 4.76. The van der Waals surface area contributed by atoms with E-state index in [1.165, 1.54) is 16.3 Å². The Labute approximate surface area is 108 Å². The topological polar surface area (TPSA) is 0 Å². The fourth-order valence-electron chi connectivity index (χ4n) is 1.75. The van der Waals surface area contributed by atoms with Crippen LogP contribution in [-0.2, 0) is 0 Å². The summed E-state index contributed by atoms with van der Waals surface area (Å²) in [5.41, 5.74) is 1.44. The van der Waals surface area contributed by atoms with Gasteiger partial charge in [0.05, 0.1) is 0 Å². The van der Waals surface area contributed by atoms with Crippen molar-refractivity contribution >= 4 is 10.8 Å². The largest absolute Gasteiger partial charge is 1.00 e. The van der Waals surface area contributed by atoms with Crippen LogP contribution in [0.3, 0.4) is 0 Å². The third kappa shape index (κ3) is 2.20. The fourth-order valence-corrected chi connectivity index (χ4v) is 1.75. The number of fused-ring (bicyclic) bond motifs is 1. The van der Waals surface area contributed by atoms with Gasteiger partial charge in [0, 0.05) is 0 Å². The van der Waals surface area contributed by atoms with Gasteiger partial charge in [-0.25, -0.2) is 0 Å². The van der Waals surface area contributed by atoms with E-state index in [-0.39, 0.29) is 29.6 Å². The van der Waals surface area contributed by atoms with Crippen molar-refractivity contribution in [3.05, 3.63) is 48.0 Å². The molecule has 2 aromatic rings. The van der Waals surface area contributed by atoms with E-state index in [1.54, 1.807) is 0 Å². The second-order valence-corrected chi connectivity index (χ2v) is 3.72. The zero-order valence-electron chi connectivity index (χ0n) is 9.12. The molecular formula is C13H14Na+. The zero-order chi connectivity index (χ0) is 9.26. The van der Waals surface area contributed by atoms with E-state index in [2.05, 4.69) is 56.3 Å². The Hall–Kier alpha value is -0.300. The summed E-state index contributed by atoms with van der Waals surface area (Å²) in [5.74, 6) is 0.603. The van der Waals surface area contributed by atoms with Gasteiger partial charge in [-0.3, -0.25) is 0 Å². The van der Waals surface area contributed by atoms with Crippen LogP contribution in [-0.4, -0.2) is 0 Å². The van der Waals surface area contributed by atoms with Gasteiger partial charge in [-0.1, -0.05) is 56.3 Å². The summed E-state index contributed by atoms with van der Waals surface area (Å²) in [6.07, 6.45) is 0. The van der Waals surface area contributed by atoms with Gasteiger partial charge in [0.2, 0.25) is 0 Å². The molecule has 0 atom stereocenters. The summed E-state index contributed by atoms with van der Waals surface area (Å²) in [4.78, 5) is 0. The first-order valence-electron chi connectivity index (χ1n) is 4.76. The van der Waals surface area contributed by atoms with Crippen molar-refractivity contribution < 1.29 is 29.6 Å². The van der Waals surface area contributed by atoms with Crippen molar-refractivity contribution in [3.63, 3.8) is 0 Å². The molecule has 2 aromatic carbocycles. The molecule has 0 nitrogen and oxygen atoms in total. The standard InChI is InChI=1S/C13H14.Na/c1-10(2)12-9-5-7-11-6-3-4-8-13(11)12;/h3-10H,1-2H3;/q;+1. The van der Waals surface area contributed by atoms with Crippen molar-refractivity contribution in [3.8, 4) is 0 Å². The molecule has 0 aromatic heterocycles. The average molecular weight is 193 g/mol. The van der Waals surface area contributed by atoms with Gasteiger partial charge in [-0.15, -0.1) is 0 Å². The number of benzene rings is 2. The summed E-state index contributed by atoms with van der Waals surface area (Å²) in [7, 11) is 0. The Morgan fingerprint density at radius 2 is 1.50 bits per heavy atom. The van der Waals surface area contributed by atoms with Crippen LogP contribution in [0.2, 0.25) is 0 Å². The summed E-state index contributed by atoms with van der Waals surface area (Å²) in [6.45, 7) is 4.48. The second-order valence-electron chi connectivity index (χ2n) is 3.72. The van der Waals surface area contributed by atoms with Crippen LogP contribution >= 0.6 is 0 Å². The van der Waals surface area contributed by atoms with E-state index >= 15 is 0 Å². The predicted molar refractivity (Wildman–Crippen MR) is 58.0 cm³/mol. The first-order chi connectivity index (χ1) is 6.29. The molecule has 0 aliphatic carbocycles. The maximum absolute atomic E-state index is 2.24.